The number of nitroso groups, excluding NO2 is 1. The molecule has 46 valence electrons. The van der Waals surface area contributed by atoms with E-state index in [2.05, 4.69) is 0 Å². The van der Waals surface area contributed by atoms with Gasteiger partial charge in [0.25, 0.3) is 0 Å². The highest BCUT2D eigenvalue weighted by Crippen LogP contribution is 2.12. The molecular formula is C3H3F2NO2. The first-order valence-corrected chi connectivity index (χ1v) is 1.74. The molecule has 0 aromatic heterocycles. The largest absolute Gasteiger partial charge is 0.354 e. The molecule has 0 aliphatic carbocycles. The van der Waals surface area contributed by atoms with Crippen LogP contribution < -0.4 is 0 Å². The molecule has 0 spiro atoms. The van der Waals surface area contributed by atoms with E-state index in [1.807, 2.05) is 0 Å². The van der Waals surface area contributed by atoms with Crippen LogP contribution in [0.3, 0.4) is 0 Å². The lowest BCUT2D eigenvalue weighted by molar-refractivity contribution is -0.139. The Labute approximate surface area is 43.7 Å². The predicted octanol–water partition coefficient (Wildman–Crippen LogP) is 0.935. The number of nitrogens with zero attached hydrogens (tertiary/aromatic N) is 1. The van der Waals surface area contributed by atoms with E-state index < -0.39 is 11.8 Å². The van der Waals surface area contributed by atoms with Gasteiger partial charge in [-0.2, -0.15) is 8.78 Å². The van der Waals surface area contributed by atoms with Crippen molar-refractivity contribution in [2.45, 2.75) is 12.8 Å². The molecule has 0 heterocycles. The van der Waals surface area contributed by atoms with E-state index >= 15 is 0 Å². The summed E-state index contributed by atoms with van der Waals surface area (Å²) in [7, 11) is 0. The summed E-state index contributed by atoms with van der Waals surface area (Å²) in [6, 6.07) is 0. The van der Waals surface area contributed by atoms with Crippen molar-refractivity contribution in [3.8, 4) is 0 Å². The van der Waals surface area contributed by atoms with E-state index in [4.69, 9.17) is 4.91 Å². The molecule has 5 heteroatoms. The maximum atomic E-state index is 11.5. The average molecular weight is 123 g/mol. The van der Waals surface area contributed by atoms with Crippen LogP contribution in [-0.4, -0.2) is 11.8 Å². The monoisotopic (exact) mass is 123 g/mol. The average Bonchev–Trinajstić information content (AvgIpc) is 1.62. The fourth-order valence-corrected chi connectivity index (χ4v) is 0.0801. The molecule has 0 aliphatic rings. The van der Waals surface area contributed by atoms with Gasteiger partial charge in [0.15, 0.2) is 0 Å². The fourth-order valence-electron chi connectivity index (χ4n) is 0.0801. The van der Waals surface area contributed by atoms with Gasteiger partial charge in [-0.15, -0.1) is 4.91 Å². The Kier molecular flexibility index (Phi) is 1.72. The third-order valence-corrected chi connectivity index (χ3v) is 0.458. The molecule has 0 saturated heterocycles. The zero-order valence-electron chi connectivity index (χ0n) is 4.02. The van der Waals surface area contributed by atoms with E-state index in [1.54, 1.807) is 0 Å². The zero-order chi connectivity index (χ0) is 6.78. The number of rotatable bonds is 1. The van der Waals surface area contributed by atoms with Crippen LogP contribution in [0.2, 0.25) is 0 Å². The zero-order valence-corrected chi connectivity index (χ0v) is 4.02. The van der Waals surface area contributed by atoms with Crippen molar-refractivity contribution < 1.29 is 13.6 Å². The summed E-state index contributed by atoms with van der Waals surface area (Å²) in [5, 5.41) is 1.52. The third kappa shape index (κ3) is 1.72. The molecule has 0 aromatic carbocycles. The van der Waals surface area contributed by atoms with Crippen LogP contribution in [0, 0.1) is 4.91 Å². The van der Waals surface area contributed by atoms with Gasteiger partial charge >= 0.3 is 11.8 Å². The molecular weight excluding hydrogens is 120 g/mol. The molecule has 0 aromatic rings. The minimum Gasteiger partial charge on any atom is -0.262 e. The Bertz CT molecular complexity index is 117. The molecule has 1 amide bonds. The van der Waals surface area contributed by atoms with Crippen LogP contribution in [-0.2, 0) is 4.79 Å². The molecule has 0 fully saturated rings. The highest BCUT2D eigenvalue weighted by molar-refractivity contribution is 5.83. The lowest BCUT2D eigenvalue weighted by Crippen LogP contribution is -2.21. The molecule has 0 N–H and O–H groups in total. The van der Waals surface area contributed by atoms with E-state index in [1.165, 1.54) is 5.18 Å². The minimum atomic E-state index is -3.61. The Balaban J connectivity index is 4.02. The van der Waals surface area contributed by atoms with Crippen molar-refractivity contribution in [2.24, 2.45) is 5.18 Å². The Morgan fingerprint density at radius 3 is 2.00 bits per heavy atom. The summed E-state index contributed by atoms with van der Waals surface area (Å²) >= 11 is 0. The topological polar surface area (TPSA) is 46.5 Å². The lowest BCUT2D eigenvalue weighted by atomic mass is 10.4. The molecule has 0 unspecified atom stereocenters. The molecule has 0 rings (SSSR count). The Morgan fingerprint density at radius 1 is 1.62 bits per heavy atom. The summed E-state index contributed by atoms with van der Waals surface area (Å²) < 4.78 is 22.9. The maximum absolute atomic E-state index is 11.5. The number of hydrogen-bond acceptors (Lipinski definition) is 2. The van der Waals surface area contributed by atoms with Crippen LogP contribution in [0.5, 0.6) is 0 Å². The highest BCUT2D eigenvalue weighted by atomic mass is 19.3. The van der Waals surface area contributed by atoms with Crippen molar-refractivity contribution in [2.75, 3.05) is 0 Å². The van der Waals surface area contributed by atoms with E-state index in [0.717, 1.165) is 0 Å². The van der Waals surface area contributed by atoms with E-state index in [-0.39, 0.29) is 0 Å². The Morgan fingerprint density at radius 2 is 2.00 bits per heavy atom. The number of carbonyl (C=O) groups is 1. The standard InChI is InChI=1S/C3H3F2NO2/c1-3(4,5)2(7)6-8/h1H3. The summed E-state index contributed by atoms with van der Waals surface area (Å²) in [5.74, 6) is -5.54. The predicted molar refractivity (Wildman–Crippen MR) is 21.4 cm³/mol. The van der Waals surface area contributed by atoms with Gasteiger partial charge in [0.1, 0.15) is 0 Å². The first-order chi connectivity index (χ1) is 3.48. The smallest absolute Gasteiger partial charge is 0.262 e. The first kappa shape index (κ1) is 7.13. The number of hydrogen-bond donors (Lipinski definition) is 0. The normalized spacial score (nSPS) is 10.9. The molecule has 3 nitrogen and oxygen atoms in total. The summed E-state index contributed by atoms with van der Waals surface area (Å²) in [6.45, 7) is 0.316. The SMILES string of the molecule is CC(F)(F)C(=O)N=O. The molecule has 0 saturated carbocycles. The molecule has 8 heavy (non-hydrogen) atoms. The fraction of sp³-hybridized carbons (Fsp3) is 0.667. The van der Waals surface area contributed by atoms with Gasteiger partial charge in [-0.25, -0.2) is 0 Å². The number of amides is 1. The molecule has 0 atom stereocenters. The number of carbonyl (C=O) groups excluding carboxylic acids is 1. The van der Waals surface area contributed by atoms with Gasteiger partial charge in [-0.3, -0.25) is 4.79 Å². The van der Waals surface area contributed by atoms with Gasteiger partial charge in [0, 0.05) is 12.1 Å². The maximum Gasteiger partial charge on any atom is 0.354 e. The van der Waals surface area contributed by atoms with Gasteiger partial charge < -0.3 is 0 Å². The molecule has 0 radical (unpaired) electrons. The van der Waals surface area contributed by atoms with Gasteiger partial charge in [0.2, 0.25) is 0 Å². The van der Waals surface area contributed by atoms with Gasteiger partial charge in [-0.05, 0) is 0 Å². The van der Waals surface area contributed by atoms with E-state index in [9.17, 15) is 13.6 Å². The second-order valence-electron chi connectivity index (χ2n) is 1.28. The van der Waals surface area contributed by atoms with Crippen molar-refractivity contribution in [3.63, 3.8) is 0 Å². The van der Waals surface area contributed by atoms with Crippen LogP contribution in [0.1, 0.15) is 6.92 Å². The van der Waals surface area contributed by atoms with Crippen molar-refractivity contribution >= 4 is 5.91 Å². The van der Waals surface area contributed by atoms with Crippen LogP contribution in [0.15, 0.2) is 5.18 Å². The van der Waals surface area contributed by atoms with Gasteiger partial charge in [0.05, 0.1) is 0 Å². The lowest BCUT2D eigenvalue weighted by Gasteiger charge is -1.98. The quantitative estimate of drug-likeness (QED) is 0.487. The summed E-state index contributed by atoms with van der Waals surface area (Å²) in [5.41, 5.74) is 0. The number of halogens is 2. The summed E-state index contributed by atoms with van der Waals surface area (Å²) in [6.07, 6.45) is 0. The second-order valence-corrected chi connectivity index (χ2v) is 1.28. The van der Waals surface area contributed by atoms with Crippen LogP contribution in [0.4, 0.5) is 8.78 Å². The van der Waals surface area contributed by atoms with Crippen LogP contribution >= 0.6 is 0 Å². The Hall–Kier alpha value is -0.870. The van der Waals surface area contributed by atoms with Crippen molar-refractivity contribution in [3.05, 3.63) is 4.91 Å². The second kappa shape index (κ2) is 1.94. The van der Waals surface area contributed by atoms with E-state index in [0.29, 0.717) is 6.92 Å². The number of alkyl halides is 2. The first-order valence-electron chi connectivity index (χ1n) is 1.74. The molecule has 0 bridgehead atoms. The van der Waals surface area contributed by atoms with Crippen molar-refractivity contribution in [1.82, 2.24) is 0 Å². The minimum absolute atomic E-state index is 0.316. The summed E-state index contributed by atoms with van der Waals surface area (Å²) in [4.78, 5) is 18.7. The third-order valence-electron chi connectivity index (χ3n) is 0.458. The highest BCUT2D eigenvalue weighted by Gasteiger charge is 2.33. The van der Waals surface area contributed by atoms with Crippen molar-refractivity contribution in [1.29, 1.82) is 0 Å². The van der Waals surface area contributed by atoms with Crippen LogP contribution in [0.25, 0.3) is 0 Å². The van der Waals surface area contributed by atoms with Gasteiger partial charge in [-0.1, -0.05) is 0 Å². The molecule has 0 aliphatic heterocycles.